The van der Waals surface area contributed by atoms with Crippen molar-refractivity contribution in [2.24, 2.45) is 10.1 Å². The van der Waals surface area contributed by atoms with E-state index in [0.29, 0.717) is 16.6 Å². The summed E-state index contributed by atoms with van der Waals surface area (Å²) in [5, 5.41) is 10.2. The summed E-state index contributed by atoms with van der Waals surface area (Å²) in [6.45, 7) is 6.01. The summed E-state index contributed by atoms with van der Waals surface area (Å²) < 4.78 is 0. The molecule has 2 aliphatic rings. The Bertz CT molecular complexity index is 1410. The number of nitrogens with one attached hydrogen (secondary N) is 1. The number of aryl methyl sites for hydroxylation is 3. The Hall–Kier alpha value is -3.42. The van der Waals surface area contributed by atoms with Crippen LogP contribution in [0.4, 0.5) is 5.69 Å². The van der Waals surface area contributed by atoms with E-state index in [4.69, 9.17) is 16.7 Å². The molecule has 2 amide bonds. The maximum absolute atomic E-state index is 12.8. The highest BCUT2D eigenvalue weighted by atomic mass is 35.5. The van der Waals surface area contributed by atoms with Crippen molar-refractivity contribution in [2.75, 3.05) is 5.32 Å². The molecule has 0 fully saturated rings. The first-order valence-corrected chi connectivity index (χ1v) is 13.4. The predicted octanol–water partition coefficient (Wildman–Crippen LogP) is 6.44. The van der Waals surface area contributed by atoms with Gasteiger partial charge in [0.1, 0.15) is 5.25 Å². The van der Waals surface area contributed by atoms with E-state index in [-0.39, 0.29) is 24.3 Å². The van der Waals surface area contributed by atoms with Crippen LogP contribution < -0.4 is 5.32 Å². The quantitative estimate of drug-likeness (QED) is 0.411. The van der Waals surface area contributed by atoms with Crippen LogP contribution in [0.1, 0.15) is 46.7 Å². The molecule has 37 heavy (non-hydrogen) atoms. The summed E-state index contributed by atoms with van der Waals surface area (Å²) in [4.78, 5) is 29.9. The SMILES string of the molecule is Cc1ccc(C2=NN(C3=NC(=O)[C@@H](CC(=O)Nc4cc(C)cc(C)c4)S3)[C@H](c3cccc(Cl)c3)C2)cc1. The van der Waals surface area contributed by atoms with E-state index in [1.165, 1.54) is 17.3 Å². The van der Waals surface area contributed by atoms with E-state index in [1.807, 2.05) is 68.2 Å². The lowest BCUT2D eigenvalue weighted by molar-refractivity contribution is -0.121. The molecule has 0 aromatic heterocycles. The number of anilines is 1. The molecule has 0 saturated carbocycles. The summed E-state index contributed by atoms with van der Waals surface area (Å²) in [6.07, 6.45) is 0.683. The molecule has 2 atom stereocenters. The Morgan fingerprint density at radius 3 is 2.46 bits per heavy atom. The summed E-state index contributed by atoms with van der Waals surface area (Å²) >= 11 is 7.59. The molecular weight excluding hydrogens is 504 g/mol. The molecule has 0 aliphatic carbocycles. The van der Waals surface area contributed by atoms with Crippen LogP contribution in [-0.4, -0.2) is 33.0 Å². The number of halogens is 1. The molecule has 5 rings (SSSR count). The molecule has 0 spiro atoms. The minimum atomic E-state index is -0.598. The third-order valence-electron chi connectivity index (χ3n) is 6.33. The molecule has 0 saturated heterocycles. The second kappa shape index (κ2) is 10.5. The van der Waals surface area contributed by atoms with Gasteiger partial charge in [-0.25, -0.2) is 5.01 Å². The van der Waals surface area contributed by atoms with Gasteiger partial charge in [-0.3, -0.25) is 9.59 Å². The zero-order valence-corrected chi connectivity index (χ0v) is 22.4. The normalized spacial score (nSPS) is 19.1. The van der Waals surface area contributed by atoms with Gasteiger partial charge in [0.15, 0.2) is 5.17 Å². The van der Waals surface area contributed by atoms with Crippen molar-refractivity contribution < 1.29 is 9.59 Å². The first-order valence-electron chi connectivity index (χ1n) is 12.1. The van der Waals surface area contributed by atoms with E-state index in [0.717, 1.165) is 33.7 Å². The van der Waals surface area contributed by atoms with Gasteiger partial charge in [-0.2, -0.15) is 10.1 Å². The van der Waals surface area contributed by atoms with Gasteiger partial charge in [0.05, 0.1) is 11.8 Å². The van der Waals surface area contributed by atoms with E-state index in [9.17, 15) is 9.59 Å². The van der Waals surface area contributed by atoms with Gasteiger partial charge >= 0.3 is 0 Å². The molecule has 0 radical (unpaired) electrons. The Morgan fingerprint density at radius 1 is 1.03 bits per heavy atom. The van der Waals surface area contributed by atoms with Gasteiger partial charge in [-0.05, 0) is 67.3 Å². The number of carbonyl (C=O) groups is 2. The minimum Gasteiger partial charge on any atom is -0.326 e. The molecule has 1 N–H and O–H groups in total. The maximum atomic E-state index is 12.8. The van der Waals surface area contributed by atoms with Crippen molar-refractivity contribution in [3.8, 4) is 0 Å². The van der Waals surface area contributed by atoms with Crippen LogP contribution in [0.3, 0.4) is 0 Å². The minimum absolute atomic E-state index is 0.0354. The number of hydrogen-bond acceptors (Lipinski definition) is 5. The number of thioether (sulfide) groups is 1. The molecule has 3 aromatic carbocycles. The Morgan fingerprint density at radius 2 is 1.76 bits per heavy atom. The van der Waals surface area contributed by atoms with Gasteiger partial charge in [0.25, 0.3) is 5.91 Å². The number of amidine groups is 1. The van der Waals surface area contributed by atoms with Gasteiger partial charge in [-0.15, -0.1) is 0 Å². The molecule has 0 unspecified atom stereocenters. The van der Waals surface area contributed by atoms with Crippen LogP contribution in [-0.2, 0) is 9.59 Å². The van der Waals surface area contributed by atoms with Crippen molar-refractivity contribution in [2.45, 2.75) is 44.9 Å². The number of aliphatic imine (C=N–C) groups is 1. The van der Waals surface area contributed by atoms with Crippen LogP contribution in [0.25, 0.3) is 0 Å². The van der Waals surface area contributed by atoms with Crippen LogP contribution in [0.15, 0.2) is 76.8 Å². The molecule has 2 aliphatic heterocycles. The number of benzene rings is 3. The Kier molecular flexibility index (Phi) is 7.17. The van der Waals surface area contributed by atoms with Crippen molar-refractivity contribution in [1.29, 1.82) is 0 Å². The van der Waals surface area contributed by atoms with E-state index in [2.05, 4.69) is 34.6 Å². The number of hydrogen-bond donors (Lipinski definition) is 1. The second-order valence-electron chi connectivity index (χ2n) is 9.50. The summed E-state index contributed by atoms with van der Waals surface area (Å²) in [5.41, 5.74) is 6.97. The Labute approximate surface area is 225 Å². The van der Waals surface area contributed by atoms with Crippen LogP contribution in [0.5, 0.6) is 0 Å². The topological polar surface area (TPSA) is 74.1 Å². The second-order valence-corrected chi connectivity index (χ2v) is 11.1. The molecule has 2 heterocycles. The fourth-order valence-corrected chi connectivity index (χ4v) is 5.87. The molecule has 188 valence electrons. The molecule has 0 bridgehead atoms. The lowest BCUT2D eigenvalue weighted by Crippen LogP contribution is -2.25. The van der Waals surface area contributed by atoms with Gasteiger partial charge in [0.2, 0.25) is 5.91 Å². The standard InChI is InChI=1S/C29H27ClN4O2S/c1-17-7-9-20(10-8-17)24-15-25(21-5-4-6-22(30)14-21)34(33-24)29-32-28(36)26(37-29)16-27(35)31-23-12-18(2)11-19(3)13-23/h4-14,25-26H,15-16H2,1-3H3,(H,31,35)/t25-,26+/m0/s1. The number of amides is 2. The zero-order chi connectivity index (χ0) is 26.1. The van der Waals surface area contributed by atoms with E-state index < -0.39 is 5.25 Å². The van der Waals surface area contributed by atoms with Crippen molar-refractivity contribution in [3.05, 3.63) is 99.6 Å². The first-order chi connectivity index (χ1) is 17.7. The number of carbonyl (C=O) groups excluding carboxylic acids is 2. The highest BCUT2D eigenvalue weighted by molar-refractivity contribution is 8.15. The van der Waals surface area contributed by atoms with Crippen molar-refractivity contribution >= 4 is 51.7 Å². The summed E-state index contributed by atoms with van der Waals surface area (Å²) in [7, 11) is 0. The van der Waals surface area contributed by atoms with Gasteiger partial charge < -0.3 is 5.32 Å². The van der Waals surface area contributed by atoms with Crippen molar-refractivity contribution in [3.63, 3.8) is 0 Å². The zero-order valence-electron chi connectivity index (χ0n) is 20.9. The summed E-state index contributed by atoms with van der Waals surface area (Å²) in [5.74, 6) is -0.539. The fourth-order valence-electron chi connectivity index (χ4n) is 4.61. The monoisotopic (exact) mass is 530 g/mol. The third-order valence-corrected chi connectivity index (χ3v) is 7.71. The number of rotatable bonds is 5. The smallest absolute Gasteiger partial charge is 0.262 e. The molecule has 8 heteroatoms. The number of nitrogens with zero attached hydrogens (tertiary/aromatic N) is 3. The highest BCUT2D eigenvalue weighted by Gasteiger charge is 2.39. The van der Waals surface area contributed by atoms with Gasteiger partial charge in [0, 0.05) is 23.6 Å². The molecule has 3 aromatic rings. The molecule has 6 nitrogen and oxygen atoms in total. The van der Waals surface area contributed by atoms with Crippen LogP contribution >= 0.6 is 23.4 Å². The highest BCUT2D eigenvalue weighted by Crippen LogP contribution is 2.39. The molecular formula is C29H27ClN4O2S. The summed E-state index contributed by atoms with van der Waals surface area (Å²) in [6, 6.07) is 21.6. The lowest BCUT2D eigenvalue weighted by Gasteiger charge is -2.23. The largest absolute Gasteiger partial charge is 0.326 e. The maximum Gasteiger partial charge on any atom is 0.262 e. The van der Waals surface area contributed by atoms with Crippen molar-refractivity contribution in [1.82, 2.24) is 5.01 Å². The van der Waals surface area contributed by atoms with E-state index >= 15 is 0 Å². The third kappa shape index (κ3) is 5.78. The first kappa shape index (κ1) is 25.2. The van der Waals surface area contributed by atoms with Crippen LogP contribution in [0, 0.1) is 20.8 Å². The number of hydrazone groups is 1. The average molecular weight is 531 g/mol. The van der Waals surface area contributed by atoms with Gasteiger partial charge in [-0.1, -0.05) is 71.4 Å². The average Bonchev–Trinajstić information content (AvgIpc) is 3.43. The predicted molar refractivity (Wildman–Crippen MR) is 151 cm³/mol. The Balaban J connectivity index is 1.35. The van der Waals surface area contributed by atoms with E-state index in [1.54, 1.807) is 0 Å². The lowest BCUT2D eigenvalue weighted by atomic mass is 9.98. The van der Waals surface area contributed by atoms with Crippen LogP contribution in [0.2, 0.25) is 5.02 Å². The fraction of sp³-hybridized carbons (Fsp3) is 0.241.